The highest BCUT2D eigenvalue weighted by molar-refractivity contribution is 14.0. The Morgan fingerprint density at radius 1 is 1.04 bits per heavy atom. The number of nitrogens with one attached hydrogen (secondary N) is 2. The molecule has 2 atom stereocenters. The van der Waals surface area contributed by atoms with E-state index in [1.54, 1.807) is 6.26 Å². The quantitative estimate of drug-likeness (QED) is 0.359. The number of aliphatic imine (C=N–C) groups is 1. The number of halogens is 1. The molecule has 3 aliphatic rings. The van der Waals surface area contributed by atoms with Gasteiger partial charge >= 0.3 is 0 Å². The number of nitrogens with zero attached hydrogens (tertiary/aromatic N) is 2. The molecule has 4 rings (SSSR count). The van der Waals surface area contributed by atoms with Crippen molar-refractivity contribution in [3.63, 3.8) is 0 Å². The van der Waals surface area contributed by atoms with Crippen molar-refractivity contribution in [2.24, 2.45) is 4.99 Å². The second-order valence-corrected chi connectivity index (χ2v) is 8.76. The third-order valence-corrected chi connectivity index (χ3v) is 6.83. The first-order valence-corrected chi connectivity index (χ1v) is 11.1. The van der Waals surface area contributed by atoms with Crippen LogP contribution in [0.4, 0.5) is 0 Å². The molecule has 3 heterocycles. The maximum atomic E-state index is 5.46. The van der Waals surface area contributed by atoms with E-state index in [4.69, 9.17) is 9.41 Å². The number of fused-ring (bicyclic) bond motifs is 2. The standard InChI is InChI=1S/C22H36N4O.HI/c1-26-19-9-5-10-20(26)16-18(15-19)25-22(24-17-7-3-2-4-8-17)23-13-12-21-11-6-14-27-21;/h6,11,14,17-20H,2-5,7-10,12-13,15-16H2,1H3,(H2,23,24,25);1H. The molecule has 2 unspecified atom stereocenters. The first kappa shape index (κ1) is 21.9. The summed E-state index contributed by atoms with van der Waals surface area (Å²) in [6.07, 6.45) is 15.8. The third kappa shape index (κ3) is 5.88. The van der Waals surface area contributed by atoms with Crippen LogP contribution in [0.5, 0.6) is 0 Å². The van der Waals surface area contributed by atoms with Gasteiger partial charge in [0.1, 0.15) is 5.76 Å². The summed E-state index contributed by atoms with van der Waals surface area (Å²) in [5.41, 5.74) is 0. The second-order valence-electron chi connectivity index (χ2n) is 8.76. The molecule has 0 spiro atoms. The first-order valence-electron chi connectivity index (χ1n) is 11.1. The Labute approximate surface area is 187 Å². The van der Waals surface area contributed by atoms with E-state index >= 15 is 0 Å². The molecular weight excluding hydrogens is 463 g/mol. The van der Waals surface area contributed by atoms with Crippen molar-refractivity contribution in [1.29, 1.82) is 0 Å². The second kappa shape index (κ2) is 10.9. The van der Waals surface area contributed by atoms with Crippen molar-refractivity contribution < 1.29 is 4.42 Å². The normalized spacial score (nSPS) is 29.2. The minimum atomic E-state index is 0. The van der Waals surface area contributed by atoms with Crippen molar-refractivity contribution in [3.05, 3.63) is 24.2 Å². The van der Waals surface area contributed by atoms with Crippen LogP contribution in [0.1, 0.15) is 70.0 Å². The van der Waals surface area contributed by atoms with Crippen molar-refractivity contribution >= 4 is 29.9 Å². The number of hydrogen-bond acceptors (Lipinski definition) is 3. The summed E-state index contributed by atoms with van der Waals surface area (Å²) in [5.74, 6) is 2.05. The monoisotopic (exact) mass is 500 g/mol. The van der Waals surface area contributed by atoms with Crippen LogP contribution in [0, 0.1) is 0 Å². The van der Waals surface area contributed by atoms with Crippen LogP contribution in [0.2, 0.25) is 0 Å². The summed E-state index contributed by atoms with van der Waals surface area (Å²) in [5, 5.41) is 7.57. The average Bonchev–Trinajstić information content (AvgIpc) is 3.17. The van der Waals surface area contributed by atoms with E-state index in [1.165, 1.54) is 64.2 Å². The lowest BCUT2D eigenvalue weighted by atomic mass is 9.82. The van der Waals surface area contributed by atoms with E-state index in [9.17, 15) is 0 Å². The molecule has 0 amide bonds. The molecule has 1 aromatic rings. The Balaban J connectivity index is 0.00000225. The van der Waals surface area contributed by atoms with E-state index < -0.39 is 0 Å². The summed E-state index contributed by atoms with van der Waals surface area (Å²) in [7, 11) is 2.32. The number of furan rings is 1. The highest BCUT2D eigenvalue weighted by Crippen LogP contribution is 2.32. The molecule has 1 aromatic heterocycles. The lowest BCUT2D eigenvalue weighted by molar-refractivity contribution is 0.0526. The van der Waals surface area contributed by atoms with Gasteiger partial charge in [0.15, 0.2) is 5.96 Å². The molecule has 2 bridgehead atoms. The summed E-state index contributed by atoms with van der Waals surface area (Å²) in [6, 6.07) is 6.61. The molecule has 2 saturated heterocycles. The molecule has 1 aliphatic carbocycles. The van der Waals surface area contributed by atoms with E-state index in [0.717, 1.165) is 36.8 Å². The topological polar surface area (TPSA) is 52.8 Å². The van der Waals surface area contributed by atoms with Crippen LogP contribution >= 0.6 is 24.0 Å². The Kier molecular flexibility index (Phi) is 8.51. The van der Waals surface area contributed by atoms with Crippen LogP contribution < -0.4 is 10.6 Å². The zero-order valence-corrected chi connectivity index (χ0v) is 19.6. The van der Waals surface area contributed by atoms with Crippen molar-refractivity contribution in [1.82, 2.24) is 15.5 Å². The van der Waals surface area contributed by atoms with Gasteiger partial charge < -0.3 is 20.0 Å². The zero-order valence-electron chi connectivity index (χ0n) is 17.2. The molecule has 28 heavy (non-hydrogen) atoms. The zero-order chi connectivity index (χ0) is 18.5. The van der Waals surface area contributed by atoms with Crippen LogP contribution in [0.3, 0.4) is 0 Å². The summed E-state index contributed by atoms with van der Waals surface area (Å²) < 4.78 is 5.46. The number of piperidine rings is 2. The summed E-state index contributed by atoms with van der Waals surface area (Å²) in [6.45, 7) is 0.773. The third-order valence-electron chi connectivity index (χ3n) is 6.83. The largest absolute Gasteiger partial charge is 0.469 e. The summed E-state index contributed by atoms with van der Waals surface area (Å²) >= 11 is 0. The van der Waals surface area contributed by atoms with E-state index in [2.05, 4.69) is 22.6 Å². The number of guanidine groups is 1. The molecule has 2 N–H and O–H groups in total. The van der Waals surface area contributed by atoms with Gasteiger partial charge in [-0.3, -0.25) is 4.99 Å². The Hall–Kier alpha value is -0.760. The Bertz CT molecular complexity index is 586. The van der Waals surface area contributed by atoms with Crippen molar-refractivity contribution in [3.8, 4) is 0 Å². The number of rotatable bonds is 5. The van der Waals surface area contributed by atoms with E-state index in [-0.39, 0.29) is 24.0 Å². The molecule has 2 aliphatic heterocycles. The number of hydrogen-bond donors (Lipinski definition) is 2. The molecule has 5 nitrogen and oxygen atoms in total. The van der Waals surface area contributed by atoms with Gasteiger partial charge in [-0.05, 0) is 57.7 Å². The van der Waals surface area contributed by atoms with Gasteiger partial charge in [0.25, 0.3) is 0 Å². The fourth-order valence-electron chi connectivity index (χ4n) is 5.23. The van der Waals surface area contributed by atoms with Gasteiger partial charge in [-0.1, -0.05) is 25.7 Å². The van der Waals surface area contributed by atoms with Crippen molar-refractivity contribution in [2.45, 2.75) is 94.8 Å². The minimum Gasteiger partial charge on any atom is -0.469 e. The van der Waals surface area contributed by atoms with E-state index in [1.807, 2.05) is 12.1 Å². The highest BCUT2D eigenvalue weighted by Gasteiger charge is 2.36. The fourth-order valence-corrected chi connectivity index (χ4v) is 5.23. The Morgan fingerprint density at radius 3 is 2.43 bits per heavy atom. The molecular formula is C22H37IN4O. The van der Waals surface area contributed by atoms with Crippen LogP contribution in [0.15, 0.2) is 27.8 Å². The van der Waals surface area contributed by atoms with Crippen molar-refractivity contribution in [2.75, 3.05) is 13.6 Å². The minimum absolute atomic E-state index is 0. The van der Waals surface area contributed by atoms with Crippen LogP contribution in [-0.4, -0.2) is 48.6 Å². The van der Waals surface area contributed by atoms with E-state index in [0.29, 0.717) is 12.1 Å². The molecule has 1 saturated carbocycles. The molecule has 0 radical (unpaired) electrons. The predicted octanol–water partition coefficient (Wildman–Crippen LogP) is 4.32. The van der Waals surface area contributed by atoms with Gasteiger partial charge in [0.2, 0.25) is 0 Å². The van der Waals surface area contributed by atoms with Gasteiger partial charge in [-0.2, -0.15) is 0 Å². The van der Waals surface area contributed by atoms with Gasteiger partial charge in [0, 0.05) is 37.1 Å². The SMILES string of the molecule is CN1C2CCCC1CC(NC(=NCCc1ccco1)NC1CCCCC1)C2.I. The molecule has 0 aromatic carbocycles. The smallest absolute Gasteiger partial charge is 0.191 e. The molecule has 158 valence electrons. The van der Waals surface area contributed by atoms with Gasteiger partial charge in [-0.15, -0.1) is 24.0 Å². The summed E-state index contributed by atoms with van der Waals surface area (Å²) in [4.78, 5) is 7.55. The maximum Gasteiger partial charge on any atom is 0.191 e. The van der Waals surface area contributed by atoms with Crippen LogP contribution in [0.25, 0.3) is 0 Å². The predicted molar refractivity (Wildman–Crippen MR) is 125 cm³/mol. The average molecular weight is 500 g/mol. The lowest BCUT2D eigenvalue weighted by Crippen LogP contribution is -2.57. The Morgan fingerprint density at radius 2 is 1.75 bits per heavy atom. The lowest BCUT2D eigenvalue weighted by Gasteiger charge is -2.47. The highest BCUT2D eigenvalue weighted by atomic mass is 127. The fraction of sp³-hybridized carbons (Fsp3) is 0.773. The van der Waals surface area contributed by atoms with Gasteiger partial charge in [0.05, 0.1) is 6.26 Å². The molecule has 3 fully saturated rings. The first-order chi connectivity index (χ1) is 13.3. The maximum absolute atomic E-state index is 5.46. The van der Waals surface area contributed by atoms with Crippen LogP contribution in [-0.2, 0) is 6.42 Å². The van der Waals surface area contributed by atoms with Gasteiger partial charge in [-0.25, -0.2) is 0 Å². The molecule has 6 heteroatoms.